The number of amides is 1. The van der Waals surface area contributed by atoms with Crippen LogP contribution in [0.3, 0.4) is 0 Å². The highest BCUT2D eigenvalue weighted by molar-refractivity contribution is 7.89. The first-order valence-electron chi connectivity index (χ1n) is 8.91. The van der Waals surface area contributed by atoms with Crippen LogP contribution in [-0.4, -0.2) is 38.9 Å². The van der Waals surface area contributed by atoms with Crippen LogP contribution < -0.4 is 4.72 Å². The summed E-state index contributed by atoms with van der Waals surface area (Å²) in [5, 5.41) is 0. The first-order valence-corrected chi connectivity index (χ1v) is 10.4. The van der Waals surface area contributed by atoms with Crippen molar-refractivity contribution < 1.29 is 13.2 Å². The molecule has 0 aliphatic carbocycles. The minimum absolute atomic E-state index is 0.0882. The van der Waals surface area contributed by atoms with E-state index in [9.17, 15) is 13.2 Å². The van der Waals surface area contributed by atoms with E-state index in [-0.39, 0.29) is 10.8 Å². The molecule has 0 spiro atoms. The van der Waals surface area contributed by atoms with Crippen molar-refractivity contribution in [1.82, 2.24) is 9.62 Å². The summed E-state index contributed by atoms with van der Waals surface area (Å²) in [5.41, 5.74) is 1.68. The van der Waals surface area contributed by atoms with Crippen molar-refractivity contribution >= 4 is 15.9 Å². The van der Waals surface area contributed by atoms with Crippen LogP contribution >= 0.6 is 0 Å². The van der Waals surface area contributed by atoms with Gasteiger partial charge in [-0.25, -0.2) is 13.1 Å². The number of nitrogens with one attached hydrogen (secondary N) is 1. The van der Waals surface area contributed by atoms with Gasteiger partial charge >= 0.3 is 0 Å². The van der Waals surface area contributed by atoms with Crippen LogP contribution in [-0.2, 0) is 16.4 Å². The molecule has 2 aromatic rings. The van der Waals surface area contributed by atoms with Gasteiger partial charge in [-0.15, -0.1) is 0 Å². The van der Waals surface area contributed by atoms with E-state index in [2.05, 4.69) is 4.72 Å². The number of sulfonamides is 1. The lowest BCUT2D eigenvalue weighted by atomic mass is 10.1. The third-order valence-corrected chi connectivity index (χ3v) is 5.72. The van der Waals surface area contributed by atoms with E-state index < -0.39 is 10.0 Å². The van der Waals surface area contributed by atoms with E-state index in [1.165, 1.54) is 17.7 Å². The van der Waals surface area contributed by atoms with Crippen molar-refractivity contribution in [3.8, 4) is 0 Å². The zero-order valence-corrected chi connectivity index (χ0v) is 16.1. The molecule has 0 saturated heterocycles. The molecule has 0 unspecified atom stereocenters. The minimum atomic E-state index is -3.56. The molecule has 6 heteroatoms. The summed E-state index contributed by atoms with van der Waals surface area (Å²) in [7, 11) is -3.56. The summed E-state index contributed by atoms with van der Waals surface area (Å²) < 4.78 is 27.3. The number of hydrogen-bond acceptors (Lipinski definition) is 3. The van der Waals surface area contributed by atoms with E-state index in [4.69, 9.17) is 0 Å². The van der Waals surface area contributed by atoms with Crippen molar-refractivity contribution in [2.75, 3.05) is 19.6 Å². The van der Waals surface area contributed by atoms with Crippen LogP contribution in [0.25, 0.3) is 0 Å². The molecule has 0 heterocycles. The van der Waals surface area contributed by atoms with Crippen molar-refractivity contribution in [3.05, 3.63) is 65.7 Å². The highest BCUT2D eigenvalue weighted by Crippen LogP contribution is 2.12. The number of rotatable bonds is 9. The monoisotopic (exact) mass is 374 g/mol. The van der Waals surface area contributed by atoms with Gasteiger partial charge in [0.15, 0.2) is 0 Å². The molecule has 2 aromatic carbocycles. The van der Waals surface area contributed by atoms with E-state index in [1.54, 1.807) is 17.0 Å². The van der Waals surface area contributed by atoms with Gasteiger partial charge in [0.2, 0.25) is 10.0 Å². The van der Waals surface area contributed by atoms with Gasteiger partial charge in [-0.1, -0.05) is 30.3 Å². The number of carbonyl (C=O) groups is 1. The summed E-state index contributed by atoms with van der Waals surface area (Å²) in [4.78, 5) is 14.1. The van der Waals surface area contributed by atoms with Crippen LogP contribution in [0.4, 0.5) is 0 Å². The van der Waals surface area contributed by atoms with E-state index in [0.717, 1.165) is 12.8 Å². The van der Waals surface area contributed by atoms with Crippen LogP contribution in [0, 0.1) is 0 Å². The van der Waals surface area contributed by atoms with Crippen molar-refractivity contribution in [1.29, 1.82) is 0 Å². The van der Waals surface area contributed by atoms with Gasteiger partial charge in [0, 0.05) is 25.2 Å². The maximum Gasteiger partial charge on any atom is 0.253 e. The lowest BCUT2D eigenvalue weighted by Gasteiger charge is -2.18. The minimum Gasteiger partial charge on any atom is -0.339 e. The number of hydrogen-bond donors (Lipinski definition) is 1. The second kappa shape index (κ2) is 9.50. The van der Waals surface area contributed by atoms with Gasteiger partial charge in [-0.05, 0) is 56.5 Å². The summed E-state index contributed by atoms with van der Waals surface area (Å²) in [6.45, 7) is 5.45. The van der Waals surface area contributed by atoms with Gasteiger partial charge in [0.1, 0.15) is 0 Å². The Morgan fingerprint density at radius 2 is 1.58 bits per heavy atom. The van der Waals surface area contributed by atoms with Gasteiger partial charge in [-0.2, -0.15) is 0 Å². The number of nitrogens with zero attached hydrogens (tertiary/aromatic N) is 1. The van der Waals surface area contributed by atoms with E-state index in [1.807, 2.05) is 44.2 Å². The number of aryl methyl sites for hydroxylation is 1. The van der Waals surface area contributed by atoms with Gasteiger partial charge in [0.25, 0.3) is 5.91 Å². The maximum atomic E-state index is 12.4. The average Bonchev–Trinajstić information content (AvgIpc) is 2.67. The Bertz CT molecular complexity index is 799. The second-order valence-corrected chi connectivity index (χ2v) is 7.76. The standard InChI is InChI=1S/C20H26N2O3S/c1-3-22(4-2)20(23)18-12-14-19(15-13-18)26(24,25)21-16-8-11-17-9-6-5-7-10-17/h5-7,9-10,12-15,21H,3-4,8,11,16H2,1-2H3. The Kier molecular flexibility index (Phi) is 7.36. The molecule has 1 amide bonds. The average molecular weight is 375 g/mol. The van der Waals surface area contributed by atoms with Crippen LogP contribution in [0.1, 0.15) is 36.2 Å². The third kappa shape index (κ3) is 5.41. The predicted molar refractivity (Wildman–Crippen MR) is 104 cm³/mol. The lowest BCUT2D eigenvalue weighted by molar-refractivity contribution is 0.0773. The molecule has 0 bridgehead atoms. The highest BCUT2D eigenvalue weighted by Gasteiger charge is 2.16. The van der Waals surface area contributed by atoms with Gasteiger partial charge in [0.05, 0.1) is 4.90 Å². The van der Waals surface area contributed by atoms with Crippen LogP contribution in [0.5, 0.6) is 0 Å². The number of carbonyl (C=O) groups excluding carboxylic acids is 1. The molecule has 140 valence electrons. The molecule has 1 N–H and O–H groups in total. The molecule has 26 heavy (non-hydrogen) atoms. The molecule has 0 atom stereocenters. The second-order valence-electron chi connectivity index (χ2n) is 5.99. The quantitative estimate of drug-likeness (QED) is 0.686. The normalized spacial score (nSPS) is 11.3. The Morgan fingerprint density at radius 3 is 2.15 bits per heavy atom. The molecular weight excluding hydrogens is 348 g/mol. The largest absolute Gasteiger partial charge is 0.339 e. The summed E-state index contributed by atoms with van der Waals surface area (Å²) in [6.07, 6.45) is 1.54. The Hall–Kier alpha value is -2.18. The molecule has 2 rings (SSSR count). The fraction of sp³-hybridized carbons (Fsp3) is 0.350. The Balaban J connectivity index is 1.93. The Labute approximate surface area is 156 Å². The van der Waals surface area contributed by atoms with Crippen molar-refractivity contribution in [2.24, 2.45) is 0 Å². The SMILES string of the molecule is CCN(CC)C(=O)c1ccc(S(=O)(=O)NCCCc2ccccc2)cc1. The van der Waals surface area contributed by atoms with Crippen molar-refractivity contribution in [3.63, 3.8) is 0 Å². The zero-order chi connectivity index (χ0) is 19.0. The smallest absolute Gasteiger partial charge is 0.253 e. The van der Waals surface area contributed by atoms with Gasteiger partial charge in [-0.3, -0.25) is 4.79 Å². The molecule has 5 nitrogen and oxygen atoms in total. The predicted octanol–water partition coefficient (Wildman–Crippen LogP) is 3.08. The first kappa shape index (κ1) is 20.1. The molecule has 0 saturated carbocycles. The molecule has 0 aromatic heterocycles. The molecule has 0 aliphatic heterocycles. The third-order valence-electron chi connectivity index (χ3n) is 4.24. The molecular formula is C20H26N2O3S. The summed E-state index contributed by atoms with van der Waals surface area (Å²) >= 11 is 0. The van der Waals surface area contributed by atoms with E-state index >= 15 is 0 Å². The maximum absolute atomic E-state index is 12.4. The fourth-order valence-electron chi connectivity index (χ4n) is 2.70. The summed E-state index contributed by atoms with van der Waals surface area (Å²) in [6, 6.07) is 16.1. The topological polar surface area (TPSA) is 66.5 Å². The van der Waals surface area contributed by atoms with Crippen molar-refractivity contribution in [2.45, 2.75) is 31.6 Å². The molecule has 0 aliphatic rings. The number of benzene rings is 2. The molecule has 0 radical (unpaired) electrons. The van der Waals surface area contributed by atoms with Crippen LogP contribution in [0.2, 0.25) is 0 Å². The fourth-order valence-corrected chi connectivity index (χ4v) is 3.77. The molecule has 0 fully saturated rings. The summed E-state index contributed by atoms with van der Waals surface area (Å²) in [5.74, 6) is -0.0882. The lowest BCUT2D eigenvalue weighted by Crippen LogP contribution is -2.30. The van der Waals surface area contributed by atoms with Gasteiger partial charge < -0.3 is 4.90 Å². The zero-order valence-electron chi connectivity index (χ0n) is 15.3. The van der Waals surface area contributed by atoms with Crippen LogP contribution in [0.15, 0.2) is 59.5 Å². The highest BCUT2D eigenvalue weighted by atomic mass is 32.2. The van der Waals surface area contributed by atoms with E-state index in [0.29, 0.717) is 25.2 Å². The first-order chi connectivity index (χ1) is 12.5. The Morgan fingerprint density at radius 1 is 0.962 bits per heavy atom.